The Hall–Kier alpha value is -3.08. The maximum atomic E-state index is 11.3. The standard InChI is InChI=1S/C21H23N3O2/c1-2-3-13-24(21(25)26)15-20-22-14-19(23-20)18-11-9-17(10-12-18)16-7-5-4-6-8-16/h4-12,14H,2-3,13,15H2,1H3,(H,22,23)(H,25,26). The molecule has 0 spiro atoms. The van der Waals surface area contributed by atoms with Gasteiger partial charge in [-0.2, -0.15) is 0 Å². The van der Waals surface area contributed by atoms with Crippen molar-refractivity contribution in [2.24, 2.45) is 0 Å². The first-order chi connectivity index (χ1) is 12.7. The summed E-state index contributed by atoms with van der Waals surface area (Å²) in [4.78, 5) is 20.4. The van der Waals surface area contributed by atoms with E-state index in [0.29, 0.717) is 12.4 Å². The molecule has 3 rings (SSSR count). The lowest BCUT2D eigenvalue weighted by atomic mass is 10.0. The zero-order chi connectivity index (χ0) is 18.4. The first-order valence-corrected chi connectivity index (χ1v) is 8.85. The molecule has 134 valence electrons. The molecule has 0 bridgehead atoms. The summed E-state index contributed by atoms with van der Waals surface area (Å²) in [7, 11) is 0. The summed E-state index contributed by atoms with van der Waals surface area (Å²) in [5.74, 6) is 0.658. The van der Waals surface area contributed by atoms with Gasteiger partial charge in [0.05, 0.1) is 12.2 Å². The number of hydrogen-bond acceptors (Lipinski definition) is 2. The summed E-state index contributed by atoms with van der Waals surface area (Å²) >= 11 is 0. The zero-order valence-corrected chi connectivity index (χ0v) is 14.9. The first-order valence-electron chi connectivity index (χ1n) is 8.85. The first kappa shape index (κ1) is 17.7. The maximum absolute atomic E-state index is 11.3. The van der Waals surface area contributed by atoms with Gasteiger partial charge in [-0.1, -0.05) is 67.9 Å². The molecule has 5 heteroatoms. The molecule has 1 heterocycles. The molecule has 26 heavy (non-hydrogen) atoms. The Balaban J connectivity index is 1.72. The van der Waals surface area contributed by atoms with E-state index in [2.05, 4.69) is 34.2 Å². The van der Waals surface area contributed by atoms with Gasteiger partial charge in [-0.25, -0.2) is 9.78 Å². The zero-order valence-electron chi connectivity index (χ0n) is 14.9. The third-order valence-corrected chi connectivity index (χ3v) is 4.31. The minimum atomic E-state index is -0.913. The van der Waals surface area contributed by atoms with Crippen LogP contribution in [0.15, 0.2) is 60.8 Å². The number of aromatic amines is 1. The van der Waals surface area contributed by atoms with Crippen LogP contribution < -0.4 is 0 Å². The van der Waals surface area contributed by atoms with Crippen LogP contribution >= 0.6 is 0 Å². The van der Waals surface area contributed by atoms with Crippen LogP contribution in [0.5, 0.6) is 0 Å². The highest BCUT2D eigenvalue weighted by molar-refractivity contribution is 5.68. The van der Waals surface area contributed by atoms with Crippen LogP contribution in [-0.4, -0.2) is 32.6 Å². The van der Waals surface area contributed by atoms with Gasteiger partial charge in [-0.05, 0) is 17.5 Å². The van der Waals surface area contributed by atoms with Gasteiger partial charge in [-0.15, -0.1) is 0 Å². The number of H-pyrrole nitrogens is 1. The molecule has 0 fully saturated rings. The molecule has 0 atom stereocenters. The van der Waals surface area contributed by atoms with Crippen molar-refractivity contribution in [3.05, 3.63) is 66.6 Å². The predicted octanol–water partition coefficient (Wildman–Crippen LogP) is 5.02. The largest absolute Gasteiger partial charge is 0.465 e. The van der Waals surface area contributed by atoms with E-state index in [0.717, 1.165) is 29.7 Å². The fourth-order valence-corrected chi connectivity index (χ4v) is 2.83. The summed E-state index contributed by atoms with van der Waals surface area (Å²) in [6.07, 6.45) is 2.72. The van der Waals surface area contributed by atoms with E-state index in [4.69, 9.17) is 0 Å². The average Bonchev–Trinajstić information content (AvgIpc) is 3.14. The maximum Gasteiger partial charge on any atom is 0.407 e. The van der Waals surface area contributed by atoms with Gasteiger partial charge < -0.3 is 15.0 Å². The number of carboxylic acid groups (broad SMARTS) is 1. The molecular formula is C21H23N3O2. The number of amides is 1. The molecule has 0 aliphatic heterocycles. The van der Waals surface area contributed by atoms with Crippen LogP contribution in [0.25, 0.3) is 22.4 Å². The molecule has 0 radical (unpaired) electrons. The molecule has 2 aromatic carbocycles. The molecule has 3 aromatic rings. The Morgan fingerprint density at radius 1 is 1.04 bits per heavy atom. The Labute approximate surface area is 153 Å². The van der Waals surface area contributed by atoms with Crippen molar-refractivity contribution in [1.29, 1.82) is 0 Å². The number of hydrogen-bond donors (Lipinski definition) is 2. The van der Waals surface area contributed by atoms with Crippen molar-refractivity contribution in [3.8, 4) is 22.4 Å². The lowest BCUT2D eigenvalue weighted by molar-refractivity contribution is 0.140. The molecule has 1 aromatic heterocycles. The van der Waals surface area contributed by atoms with Crippen molar-refractivity contribution in [2.45, 2.75) is 26.3 Å². The Bertz CT molecular complexity index is 841. The van der Waals surface area contributed by atoms with E-state index < -0.39 is 6.09 Å². The number of aromatic nitrogens is 2. The summed E-state index contributed by atoms with van der Waals surface area (Å²) in [5, 5.41) is 9.31. The highest BCUT2D eigenvalue weighted by atomic mass is 16.4. The molecule has 0 aliphatic carbocycles. The van der Waals surface area contributed by atoms with Crippen molar-refractivity contribution in [3.63, 3.8) is 0 Å². The lowest BCUT2D eigenvalue weighted by Gasteiger charge is -2.17. The van der Waals surface area contributed by atoms with Gasteiger partial charge in [0.25, 0.3) is 0 Å². The van der Waals surface area contributed by atoms with Crippen molar-refractivity contribution >= 4 is 6.09 Å². The number of unbranched alkanes of at least 4 members (excludes halogenated alkanes) is 1. The van der Waals surface area contributed by atoms with Gasteiger partial charge in [0.1, 0.15) is 5.82 Å². The minimum Gasteiger partial charge on any atom is -0.465 e. The molecule has 1 amide bonds. The number of nitrogens with one attached hydrogen (secondary N) is 1. The molecule has 0 aliphatic rings. The highest BCUT2D eigenvalue weighted by Gasteiger charge is 2.14. The van der Waals surface area contributed by atoms with Crippen LogP contribution in [-0.2, 0) is 6.54 Å². The van der Waals surface area contributed by atoms with E-state index in [-0.39, 0.29) is 6.54 Å². The fourth-order valence-electron chi connectivity index (χ4n) is 2.83. The fraction of sp³-hybridized carbons (Fsp3) is 0.238. The molecule has 5 nitrogen and oxygen atoms in total. The monoisotopic (exact) mass is 349 g/mol. The van der Waals surface area contributed by atoms with E-state index in [1.807, 2.05) is 43.5 Å². The van der Waals surface area contributed by atoms with Gasteiger partial charge in [-0.3, -0.25) is 0 Å². The topological polar surface area (TPSA) is 69.2 Å². The van der Waals surface area contributed by atoms with E-state index >= 15 is 0 Å². The summed E-state index contributed by atoms with van der Waals surface area (Å²) in [5.41, 5.74) is 4.15. The van der Waals surface area contributed by atoms with Crippen LogP contribution in [0, 0.1) is 0 Å². The van der Waals surface area contributed by atoms with E-state index in [1.165, 1.54) is 10.5 Å². The molecule has 0 saturated heterocycles. The highest BCUT2D eigenvalue weighted by Crippen LogP contribution is 2.24. The Kier molecular flexibility index (Phi) is 5.69. The van der Waals surface area contributed by atoms with Crippen molar-refractivity contribution < 1.29 is 9.90 Å². The van der Waals surface area contributed by atoms with Gasteiger partial charge in [0.15, 0.2) is 0 Å². The number of rotatable bonds is 7. The van der Waals surface area contributed by atoms with Gasteiger partial charge >= 0.3 is 6.09 Å². The Morgan fingerprint density at radius 2 is 1.69 bits per heavy atom. The second-order valence-corrected chi connectivity index (χ2v) is 6.23. The van der Waals surface area contributed by atoms with Crippen LogP contribution in [0.2, 0.25) is 0 Å². The second-order valence-electron chi connectivity index (χ2n) is 6.23. The van der Waals surface area contributed by atoms with Gasteiger partial charge in [0.2, 0.25) is 0 Å². The molecule has 0 saturated carbocycles. The smallest absolute Gasteiger partial charge is 0.407 e. The lowest BCUT2D eigenvalue weighted by Crippen LogP contribution is -2.30. The van der Waals surface area contributed by atoms with Crippen LogP contribution in [0.4, 0.5) is 4.79 Å². The van der Waals surface area contributed by atoms with Gasteiger partial charge in [0, 0.05) is 18.3 Å². The van der Waals surface area contributed by atoms with Crippen molar-refractivity contribution in [2.75, 3.05) is 6.54 Å². The molecular weight excluding hydrogens is 326 g/mol. The summed E-state index contributed by atoms with van der Waals surface area (Å²) in [6.45, 7) is 2.84. The van der Waals surface area contributed by atoms with Crippen LogP contribution in [0.3, 0.4) is 0 Å². The average molecular weight is 349 g/mol. The number of imidazole rings is 1. The van der Waals surface area contributed by atoms with E-state index in [9.17, 15) is 9.90 Å². The quantitative estimate of drug-likeness (QED) is 0.629. The van der Waals surface area contributed by atoms with E-state index in [1.54, 1.807) is 0 Å². The SMILES string of the molecule is CCCCN(Cc1nc(-c2ccc(-c3ccccc3)cc2)c[nH]1)C(=O)O. The summed E-state index contributed by atoms with van der Waals surface area (Å²) < 4.78 is 0. The third-order valence-electron chi connectivity index (χ3n) is 4.31. The summed E-state index contributed by atoms with van der Waals surface area (Å²) in [6, 6.07) is 18.4. The normalized spacial score (nSPS) is 10.7. The number of nitrogens with zero attached hydrogens (tertiary/aromatic N) is 2. The number of carbonyl (C=O) groups is 1. The Morgan fingerprint density at radius 3 is 2.35 bits per heavy atom. The minimum absolute atomic E-state index is 0.275. The molecule has 0 unspecified atom stereocenters. The predicted molar refractivity (Wildman–Crippen MR) is 103 cm³/mol. The third kappa shape index (κ3) is 4.30. The number of benzene rings is 2. The molecule has 2 N–H and O–H groups in total. The van der Waals surface area contributed by atoms with Crippen LogP contribution in [0.1, 0.15) is 25.6 Å². The van der Waals surface area contributed by atoms with Crippen molar-refractivity contribution in [1.82, 2.24) is 14.9 Å². The second kappa shape index (κ2) is 8.34.